The summed E-state index contributed by atoms with van der Waals surface area (Å²) in [7, 11) is -3.65. The first-order chi connectivity index (χ1) is 17.5. The van der Waals surface area contributed by atoms with E-state index in [1.165, 1.54) is 37.7 Å². The van der Waals surface area contributed by atoms with E-state index in [2.05, 4.69) is 12.1 Å². The van der Waals surface area contributed by atoms with E-state index in [4.69, 9.17) is 14.6 Å². The molecule has 204 valence electrons. The standard InChI is InChI=1S/C30H43NO5S/c1-30(2,3)36-29(32)13-11-9-7-5-4-6-8-10-12-24-35-27-20-16-25(17-21-27)14-15-26-18-22-28(23-19-26)37(31,33)34/h11,13,16-23H,4-10,12,14-15,24H2,1-3H3,(H2,31,33,34). The summed E-state index contributed by atoms with van der Waals surface area (Å²) in [5.41, 5.74) is 1.85. The molecule has 2 aromatic rings. The van der Waals surface area contributed by atoms with Crippen LogP contribution in [0.5, 0.6) is 5.75 Å². The molecule has 37 heavy (non-hydrogen) atoms. The van der Waals surface area contributed by atoms with Crippen molar-refractivity contribution in [3.8, 4) is 5.75 Å². The summed E-state index contributed by atoms with van der Waals surface area (Å²) in [6.45, 7) is 6.34. The molecule has 0 saturated carbocycles. The van der Waals surface area contributed by atoms with Crippen LogP contribution in [-0.4, -0.2) is 26.6 Å². The third-order valence-corrected chi connectivity index (χ3v) is 6.75. The van der Waals surface area contributed by atoms with Crippen LogP contribution in [0, 0.1) is 0 Å². The number of nitrogens with two attached hydrogens (primary N) is 1. The molecule has 0 saturated heterocycles. The number of sulfonamides is 1. The minimum absolute atomic E-state index is 0.138. The van der Waals surface area contributed by atoms with Gasteiger partial charge in [-0.2, -0.15) is 0 Å². The Morgan fingerprint density at radius 2 is 1.32 bits per heavy atom. The maximum Gasteiger partial charge on any atom is 0.330 e. The van der Waals surface area contributed by atoms with Gasteiger partial charge < -0.3 is 9.47 Å². The van der Waals surface area contributed by atoms with Crippen molar-refractivity contribution in [1.29, 1.82) is 0 Å². The van der Waals surface area contributed by atoms with Crippen LogP contribution in [0.15, 0.2) is 65.6 Å². The van der Waals surface area contributed by atoms with Gasteiger partial charge in [0.25, 0.3) is 0 Å². The maximum absolute atomic E-state index is 11.6. The lowest BCUT2D eigenvalue weighted by molar-refractivity contribution is -0.148. The molecule has 0 aliphatic carbocycles. The van der Waals surface area contributed by atoms with E-state index in [9.17, 15) is 13.2 Å². The number of carbonyl (C=O) groups excluding carboxylic acids is 1. The topological polar surface area (TPSA) is 95.7 Å². The molecule has 0 spiro atoms. The quantitative estimate of drug-likeness (QED) is 0.152. The second-order valence-electron chi connectivity index (χ2n) is 10.4. The van der Waals surface area contributed by atoms with Gasteiger partial charge in [0.1, 0.15) is 11.4 Å². The van der Waals surface area contributed by atoms with Gasteiger partial charge in [0, 0.05) is 6.08 Å². The van der Waals surface area contributed by atoms with Crippen LogP contribution in [-0.2, 0) is 32.4 Å². The Labute approximate surface area is 223 Å². The van der Waals surface area contributed by atoms with Crippen molar-refractivity contribution in [2.24, 2.45) is 5.14 Å². The Bertz CT molecular complexity index is 1070. The lowest BCUT2D eigenvalue weighted by Gasteiger charge is -2.17. The van der Waals surface area contributed by atoms with E-state index >= 15 is 0 Å². The zero-order valence-electron chi connectivity index (χ0n) is 22.6. The maximum atomic E-state index is 11.6. The van der Waals surface area contributed by atoms with Gasteiger partial charge in [-0.1, -0.05) is 62.4 Å². The van der Waals surface area contributed by atoms with Gasteiger partial charge in [0.2, 0.25) is 10.0 Å². The Morgan fingerprint density at radius 1 is 0.811 bits per heavy atom. The zero-order valence-corrected chi connectivity index (χ0v) is 23.4. The summed E-state index contributed by atoms with van der Waals surface area (Å²) in [5, 5.41) is 5.14. The third kappa shape index (κ3) is 14.0. The fraction of sp³-hybridized carbons (Fsp3) is 0.500. The summed E-state index contributed by atoms with van der Waals surface area (Å²) in [6.07, 6.45) is 14.2. The molecule has 0 bridgehead atoms. The summed E-state index contributed by atoms with van der Waals surface area (Å²) in [6, 6.07) is 14.9. The number of benzene rings is 2. The van der Waals surface area contributed by atoms with Crippen LogP contribution in [0.2, 0.25) is 0 Å². The minimum Gasteiger partial charge on any atom is -0.494 e. The molecule has 0 aliphatic rings. The van der Waals surface area contributed by atoms with Crippen LogP contribution >= 0.6 is 0 Å². The fourth-order valence-corrected chi connectivity index (χ4v) is 4.36. The molecule has 7 heteroatoms. The molecule has 0 amide bonds. The molecular weight excluding hydrogens is 486 g/mol. The highest BCUT2D eigenvalue weighted by Crippen LogP contribution is 2.16. The van der Waals surface area contributed by atoms with E-state index in [-0.39, 0.29) is 10.9 Å². The molecule has 0 aliphatic heterocycles. The lowest BCUT2D eigenvalue weighted by atomic mass is 10.0. The van der Waals surface area contributed by atoms with Gasteiger partial charge in [0.15, 0.2) is 0 Å². The van der Waals surface area contributed by atoms with E-state index in [1.807, 2.05) is 51.1 Å². The largest absolute Gasteiger partial charge is 0.494 e. The number of aryl methyl sites for hydroxylation is 2. The van der Waals surface area contributed by atoms with Crippen molar-refractivity contribution >= 4 is 16.0 Å². The molecular formula is C30H43NO5S. The first kappa shape index (κ1) is 30.6. The monoisotopic (exact) mass is 529 g/mol. The second-order valence-corrected chi connectivity index (χ2v) is 11.9. The average Bonchev–Trinajstić information content (AvgIpc) is 2.83. The van der Waals surface area contributed by atoms with Crippen LogP contribution in [0.1, 0.15) is 83.3 Å². The smallest absolute Gasteiger partial charge is 0.330 e. The van der Waals surface area contributed by atoms with Gasteiger partial charge >= 0.3 is 5.97 Å². The number of primary sulfonamides is 1. The highest BCUT2D eigenvalue weighted by atomic mass is 32.2. The first-order valence-corrected chi connectivity index (χ1v) is 14.8. The predicted molar refractivity (Wildman–Crippen MR) is 149 cm³/mol. The Kier molecular flexibility index (Phi) is 12.9. The van der Waals surface area contributed by atoms with E-state index in [0.29, 0.717) is 0 Å². The van der Waals surface area contributed by atoms with E-state index < -0.39 is 15.6 Å². The third-order valence-electron chi connectivity index (χ3n) is 5.82. The lowest BCUT2D eigenvalue weighted by Crippen LogP contribution is -2.22. The number of rotatable bonds is 16. The molecule has 0 atom stereocenters. The molecule has 0 heterocycles. The molecule has 0 radical (unpaired) electrons. The zero-order chi connectivity index (χ0) is 27.2. The summed E-state index contributed by atoms with van der Waals surface area (Å²) in [5.74, 6) is 0.624. The van der Waals surface area contributed by atoms with E-state index in [1.54, 1.807) is 18.2 Å². The molecule has 0 unspecified atom stereocenters. The molecule has 0 fully saturated rings. The van der Waals surface area contributed by atoms with Crippen molar-refractivity contribution < 1.29 is 22.7 Å². The molecule has 2 rings (SSSR count). The van der Waals surface area contributed by atoms with Crippen molar-refractivity contribution in [2.75, 3.05) is 6.61 Å². The van der Waals surface area contributed by atoms with Crippen LogP contribution < -0.4 is 9.88 Å². The number of allylic oxidation sites excluding steroid dienone is 1. The van der Waals surface area contributed by atoms with Gasteiger partial charge in [0.05, 0.1) is 11.5 Å². The fourth-order valence-electron chi connectivity index (χ4n) is 3.84. The SMILES string of the molecule is CC(C)(C)OC(=O)C=CCCCCCCCCCOc1ccc(CCc2ccc(S(N)(=O)=O)cc2)cc1. The predicted octanol–water partition coefficient (Wildman–Crippen LogP) is 6.52. The van der Waals surface area contributed by atoms with Crippen molar-refractivity contribution in [3.63, 3.8) is 0 Å². The van der Waals surface area contributed by atoms with Crippen LogP contribution in [0.25, 0.3) is 0 Å². The highest BCUT2D eigenvalue weighted by Gasteiger charge is 2.13. The van der Waals surface area contributed by atoms with Crippen LogP contribution in [0.3, 0.4) is 0 Å². The number of carbonyl (C=O) groups is 1. The van der Waals surface area contributed by atoms with Crippen molar-refractivity contribution in [3.05, 3.63) is 71.8 Å². The minimum atomic E-state index is -3.65. The number of hydrogen-bond acceptors (Lipinski definition) is 5. The molecule has 2 aromatic carbocycles. The van der Waals surface area contributed by atoms with E-state index in [0.717, 1.165) is 50.0 Å². The van der Waals surface area contributed by atoms with Crippen molar-refractivity contribution in [2.45, 2.75) is 95.5 Å². The Morgan fingerprint density at radius 3 is 1.86 bits per heavy atom. The number of ether oxygens (including phenoxy) is 2. The van der Waals surface area contributed by atoms with Gasteiger partial charge in [-0.25, -0.2) is 18.4 Å². The summed E-state index contributed by atoms with van der Waals surface area (Å²) < 4.78 is 33.8. The number of unbranched alkanes of at least 4 members (excludes halogenated alkanes) is 7. The second kappa shape index (κ2) is 15.6. The van der Waals surface area contributed by atoms with Crippen molar-refractivity contribution in [1.82, 2.24) is 0 Å². The molecule has 2 N–H and O–H groups in total. The van der Waals surface area contributed by atoms with Gasteiger partial charge in [-0.15, -0.1) is 0 Å². The number of esters is 1. The Balaban J connectivity index is 1.49. The van der Waals surface area contributed by atoms with Crippen LogP contribution in [0.4, 0.5) is 0 Å². The molecule has 6 nitrogen and oxygen atoms in total. The first-order valence-electron chi connectivity index (χ1n) is 13.3. The van der Waals surface area contributed by atoms with Gasteiger partial charge in [-0.3, -0.25) is 0 Å². The number of hydrogen-bond donors (Lipinski definition) is 1. The summed E-state index contributed by atoms with van der Waals surface area (Å²) >= 11 is 0. The molecule has 0 aromatic heterocycles. The van der Waals surface area contributed by atoms with Gasteiger partial charge in [-0.05, 0) is 88.3 Å². The average molecular weight is 530 g/mol. The highest BCUT2D eigenvalue weighted by molar-refractivity contribution is 7.89. The summed E-state index contributed by atoms with van der Waals surface area (Å²) in [4.78, 5) is 11.7. The normalized spacial score (nSPS) is 12.1. The Hall–Kier alpha value is -2.64.